The molecule has 2 aliphatic rings. The van der Waals surface area contributed by atoms with E-state index in [4.69, 9.17) is 0 Å². The van der Waals surface area contributed by atoms with Gasteiger partial charge in [-0.3, -0.25) is 9.79 Å². The van der Waals surface area contributed by atoms with Crippen LogP contribution in [0, 0.1) is 0 Å². The molecule has 4 nitrogen and oxygen atoms in total. The van der Waals surface area contributed by atoms with Gasteiger partial charge < -0.3 is 10.6 Å². The minimum atomic E-state index is 0.105. The number of rotatable bonds is 3. The summed E-state index contributed by atoms with van der Waals surface area (Å²) in [6.45, 7) is 1.25. The predicted octanol–water partition coefficient (Wildman–Crippen LogP) is 2.58. The zero-order valence-corrected chi connectivity index (χ0v) is 14.2. The van der Waals surface area contributed by atoms with E-state index >= 15 is 0 Å². The second-order valence-corrected chi connectivity index (χ2v) is 6.84. The summed E-state index contributed by atoms with van der Waals surface area (Å²) in [5.74, 6) is 0.981. The molecule has 0 aromatic heterocycles. The van der Waals surface area contributed by atoms with Gasteiger partial charge in [0.15, 0.2) is 5.78 Å². The molecule has 2 aliphatic heterocycles. The fourth-order valence-electron chi connectivity index (χ4n) is 3.76. The molecule has 0 saturated carbocycles. The average Bonchev–Trinajstić information content (AvgIpc) is 2.65. The van der Waals surface area contributed by atoms with Crippen LogP contribution in [-0.4, -0.2) is 36.8 Å². The van der Waals surface area contributed by atoms with Crippen molar-refractivity contribution in [3.05, 3.63) is 71.3 Å². The number of ketones is 1. The molecule has 0 amide bonds. The number of carbonyl (C=O) groups is 1. The highest BCUT2D eigenvalue weighted by Crippen LogP contribution is 2.18. The molecule has 0 unspecified atom stereocenters. The molecule has 0 bridgehead atoms. The monoisotopic (exact) mass is 333 g/mol. The standard InChI is InChI=1S/C21H23N3O/c25-20-14-23-21(19-9-5-4-8-18(19)20)24-16-10-11-22-17(13-16)12-15-6-2-1-3-7-15/h1-9,16-17,22H,10-14H2,(H,23,24)/t16-,17-/m0/s1. The number of aliphatic imine (C=N–C) groups is 1. The van der Waals surface area contributed by atoms with E-state index in [0.717, 1.165) is 42.8 Å². The van der Waals surface area contributed by atoms with Gasteiger partial charge in [0.05, 0.1) is 0 Å². The van der Waals surface area contributed by atoms with Crippen LogP contribution in [0.25, 0.3) is 0 Å². The molecule has 1 fully saturated rings. The molecule has 0 spiro atoms. The van der Waals surface area contributed by atoms with Gasteiger partial charge in [0.1, 0.15) is 12.4 Å². The van der Waals surface area contributed by atoms with Crippen LogP contribution in [0.3, 0.4) is 0 Å². The zero-order valence-electron chi connectivity index (χ0n) is 14.2. The summed E-state index contributed by atoms with van der Waals surface area (Å²) < 4.78 is 0. The molecule has 0 aliphatic carbocycles. The Hall–Kier alpha value is -2.46. The lowest BCUT2D eigenvalue weighted by atomic mass is 9.93. The maximum absolute atomic E-state index is 12.0. The van der Waals surface area contributed by atoms with Gasteiger partial charge in [-0.05, 0) is 31.4 Å². The van der Waals surface area contributed by atoms with E-state index in [-0.39, 0.29) is 12.3 Å². The van der Waals surface area contributed by atoms with E-state index in [1.54, 1.807) is 0 Å². The Morgan fingerprint density at radius 1 is 1.04 bits per heavy atom. The Morgan fingerprint density at radius 2 is 1.80 bits per heavy atom. The van der Waals surface area contributed by atoms with Gasteiger partial charge in [0, 0.05) is 23.2 Å². The van der Waals surface area contributed by atoms with Crippen molar-refractivity contribution in [1.82, 2.24) is 10.6 Å². The lowest BCUT2D eigenvalue weighted by Gasteiger charge is -2.32. The Kier molecular flexibility index (Phi) is 4.61. The topological polar surface area (TPSA) is 53.5 Å². The van der Waals surface area contributed by atoms with Crippen LogP contribution in [0.5, 0.6) is 0 Å². The molecule has 2 N–H and O–H groups in total. The predicted molar refractivity (Wildman–Crippen MR) is 100 cm³/mol. The van der Waals surface area contributed by atoms with E-state index in [1.165, 1.54) is 5.56 Å². The van der Waals surface area contributed by atoms with Crippen molar-refractivity contribution in [3.63, 3.8) is 0 Å². The van der Waals surface area contributed by atoms with E-state index in [0.29, 0.717) is 12.1 Å². The van der Waals surface area contributed by atoms with Crippen LogP contribution in [0.2, 0.25) is 0 Å². The van der Waals surface area contributed by atoms with Crippen LogP contribution in [0.15, 0.2) is 59.6 Å². The molecule has 2 atom stereocenters. The smallest absolute Gasteiger partial charge is 0.185 e. The van der Waals surface area contributed by atoms with E-state index < -0.39 is 0 Å². The van der Waals surface area contributed by atoms with Crippen molar-refractivity contribution in [2.45, 2.75) is 31.3 Å². The molecule has 2 aromatic rings. The first-order valence-corrected chi connectivity index (χ1v) is 9.00. The molecule has 4 heteroatoms. The summed E-state index contributed by atoms with van der Waals surface area (Å²) >= 11 is 0. The van der Waals surface area contributed by atoms with Crippen molar-refractivity contribution < 1.29 is 4.79 Å². The third-order valence-electron chi connectivity index (χ3n) is 5.02. The molecular weight excluding hydrogens is 310 g/mol. The van der Waals surface area contributed by atoms with Gasteiger partial charge in [-0.15, -0.1) is 0 Å². The molecule has 0 radical (unpaired) electrons. The number of carbonyl (C=O) groups excluding carboxylic acids is 1. The number of fused-ring (bicyclic) bond motifs is 1. The highest BCUT2D eigenvalue weighted by molar-refractivity contribution is 6.14. The third-order valence-corrected chi connectivity index (χ3v) is 5.02. The lowest BCUT2D eigenvalue weighted by Crippen LogP contribution is -2.49. The van der Waals surface area contributed by atoms with Crippen LogP contribution >= 0.6 is 0 Å². The summed E-state index contributed by atoms with van der Waals surface area (Å²) in [5.41, 5.74) is 3.10. The zero-order chi connectivity index (χ0) is 17.1. The number of hydrogen-bond donors (Lipinski definition) is 2. The number of hydrogen-bond acceptors (Lipinski definition) is 4. The van der Waals surface area contributed by atoms with Crippen molar-refractivity contribution in [3.8, 4) is 0 Å². The van der Waals surface area contributed by atoms with E-state index in [2.05, 4.69) is 46.0 Å². The first kappa shape index (κ1) is 16.0. The van der Waals surface area contributed by atoms with Gasteiger partial charge in [-0.25, -0.2) is 0 Å². The first-order chi connectivity index (χ1) is 12.3. The van der Waals surface area contributed by atoms with Crippen molar-refractivity contribution in [2.24, 2.45) is 4.99 Å². The molecule has 25 heavy (non-hydrogen) atoms. The van der Waals surface area contributed by atoms with Gasteiger partial charge >= 0.3 is 0 Å². The largest absolute Gasteiger partial charge is 0.367 e. The van der Waals surface area contributed by atoms with Crippen molar-refractivity contribution in [2.75, 3.05) is 13.1 Å². The van der Waals surface area contributed by atoms with E-state index in [9.17, 15) is 4.79 Å². The summed E-state index contributed by atoms with van der Waals surface area (Å²) in [6, 6.07) is 19.2. The number of benzene rings is 2. The lowest BCUT2D eigenvalue weighted by molar-refractivity contribution is 0.1000. The Labute approximate surface area is 148 Å². The Balaban J connectivity index is 1.43. The highest BCUT2D eigenvalue weighted by Gasteiger charge is 2.25. The quantitative estimate of drug-likeness (QED) is 0.908. The molecule has 128 valence electrons. The molecule has 1 saturated heterocycles. The molecular formula is C21H23N3O. The second-order valence-electron chi connectivity index (χ2n) is 6.84. The minimum Gasteiger partial charge on any atom is -0.367 e. The normalized spacial score (nSPS) is 22.9. The van der Waals surface area contributed by atoms with Crippen molar-refractivity contribution in [1.29, 1.82) is 0 Å². The van der Waals surface area contributed by atoms with Gasteiger partial charge in [0.25, 0.3) is 0 Å². The van der Waals surface area contributed by atoms with Crippen LogP contribution in [-0.2, 0) is 6.42 Å². The minimum absolute atomic E-state index is 0.105. The Bertz CT molecular complexity index is 785. The number of piperidine rings is 1. The fourth-order valence-corrected chi connectivity index (χ4v) is 3.76. The second kappa shape index (κ2) is 7.19. The van der Waals surface area contributed by atoms with Gasteiger partial charge in [-0.2, -0.15) is 0 Å². The van der Waals surface area contributed by atoms with E-state index in [1.807, 2.05) is 24.3 Å². The Morgan fingerprint density at radius 3 is 2.64 bits per heavy atom. The molecule has 2 aromatic carbocycles. The first-order valence-electron chi connectivity index (χ1n) is 9.00. The van der Waals surface area contributed by atoms with Crippen LogP contribution in [0.1, 0.15) is 34.3 Å². The summed E-state index contributed by atoms with van der Waals surface area (Å²) in [6.07, 6.45) is 3.17. The fraction of sp³-hybridized carbons (Fsp3) is 0.333. The molecule has 4 rings (SSSR count). The van der Waals surface area contributed by atoms with Crippen LogP contribution < -0.4 is 10.6 Å². The van der Waals surface area contributed by atoms with Crippen LogP contribution in [0.4, 0.5) is 0 Å². The average molecular weight is 333 g/mol. The maximum Gasteiger partial charge on any atom is 0.185 e. The SMILES string of the molecule is O=C1CN=C(N[C@H]2CCN[C@@H](Cc3ccccc3)C2)c2ccccc21. The highest BCUT2D eigenvalue weighted by atomic mass is 16.1. The summed E-state index contributed by atoms with van der Waals surface area (Å²) in [7, 11) is 0. The summed E-state index contributed by atoms with van der Waals surface area (Å²) in [4.78, 5) is 16.5. The number of nitrogens with one attached hydrogen (secondary N) is 2. The number of nitrogens with zero attached hydrogens (tertiary/aromatic N) is 1. The van der Waals surface area contributed by atoms with Gasteiger partial charge in [-0.1, -0.05) is 54.6 Å². The number of Topliss-reactive ketones (excluding diaryl/α,β-unsaturated/α-hetero) is 1. The third kappa shape index (κ3) is 3.64. The van der Waals surface area contributed by atoms with Gasteiger partial charge in [0.2, 0.25) is 0 Å². The molecule has 2 heterocycles. The maximum atomic E-state index is 12.0. The summed E-state index contributed by atoms with van der Waals surface area (Å²) in [5, 5.41) is 7.24. The number of amidine groups is 1. The van der Waals surface area contributed by atoms with Crippen molar-refractivity contribution >= 4 is 11.6 Å².